The van der Waals surface area contributed by atoms with Crippen molar-refractivity contribution in [3.8, 4) is 0 Å². The monoisotopic (exact) mass is 422 g/mol. The number of nitrogens with one attached hydrogen (secondary N) is 3. The summed E-state index contributed by atoms with van der Waals surface area (Å²) in [6.45, 7) is 5.27. The Bertz CT molecular complexity index is 363. The van der Waals surface area contributed by atoms with E-state index in [1.165, 1.54) is 0 Å². The molecule has 0 spiro atoms. The summed E-state index contributed by atoms with van der Waals surface area (Å²) in [6.07, 6.45) is 0.693. The topological polar surface area (TPSA) is 91.8 Å². The van der Waals surface area contributed by atoms with E-state index in [-0.39, 0.29) is 35.8 Å². The molecule has 20 heavy (non-hydrogen) atoms. The average molecular weight is 422 g/mol. The van der Waals surface area contributed by atoms with E-state index >= 15 is 0 Å². The summed E-state index contributed by atoms with van der Waals surface area (Å²) in [5.41, 5.74) is 0. The van der Waals surface area contributed by atoms with Crippen LogP contribution >= 0.6 is 24.0 Å². The van der Waals surface area contributed by atoms with Crippen molar-refractivity contribution in [3.63, 3.8) is 0 Å². The minimum absolute atomic E-state index is 0. The highest BCUT2D eigenvalue weighted by molar-refractivity contribution is 14.0. The number of methoxy groups -OCH3 is 1. The normalized spacial score (nSPS) is 13.5. The van der Waals surface area contributed by atoms with Gasteiger partial charge in [0.15, 0.2) is 5.96 Å². The lowest BCUT2D eigenvalue weighted by molar-refractivity contribution is 0.179. The molecule has 7 nitrogen and oxygen atoms in total. The Morgan fingerprint density at radius 2 is 2.00 bits per heavy atom. The third-order valence-corrected chi connectivity index (χ3v) is 3.78. The predicted octanol–water partition coefficient (Wildman–Crippen LogP) is 0.134. The number of hydrogen-bond donors (Lipinski definition) is 3. The molecule has 0 aliphatic carbocycles. The first-order valence-corrected chi connectivity index (χ1v) is 8.03. The Morgan fingerprint density at radius 3 is 2.50 bits per heavy atom. The van der Waals surface area contributed by atoms with Crippen LogP contribution in [0, 0.1) is 0 Å². The van der Waals surface area contributed by atoms with Crippen LogP contribution in [0.15, 0.2) is 4.99 Å². The second-order valence-electron chi connectivity index (χ2n) is 4.15. The van der Waals surface area contributed by atoms with Crippen LogP contribution in [0.4, 0.5) is 0 Å². The molecule has 0 bridgehead atoms. The Kier molecular flexibility index (Phi) is 14.0. The molecule has 0 aromatic carbocycles. The zero-order chi connectivity index (χ0) is 14.7. The van der Waals surface area contributed by atoms with Gasteiger partial charge in [-0.2, -0.15) is 0 Å². The Hall–Kier alpha value is -0.130. The van der Waals surface area contributed by atoms with Crippen LogP contribution in [0.1, 0.15) is 20.3 Å². The first kappa shape index (κ1) is 22.2. The Labute approximate surface area is 139 Å². The number of halogens is 1. The maximum Gasteiger partial charge on any atom is 0.211 e. The predicted molar refractivity (Wildman–Crippen MR) is 93.3 cm³/mol. The number of nitrogens with zero attached hydrogens (tertiary/aromatic N) is 1. The van der Waals surface area contributed by atoms with E-state index in [0.717, 1.165) is 0 Å². The van der Waals surface area contributed by atoms with E-state index in [2.05, 4.69) is 20.3 Å². The fraction of sp³-hybridized carbons (Fsp3) is 0.909. The average Bonchev–Trinajstić information content (AvgIpc) is 2.37. The largest absolute Gasteiger partial charge is 0.383 e. The van der Waals surface area contributed by atoms with Gasteiger partial charge in [0, 0.05) is 33.3 Å². The van der Waals surface area contributed by atoms with Gasteiger partial charge in [0.25, 0.3) is 0 Å². The van der Waals surface area contributed by atoms with E-state index in [9.17, 15) is 8.42 Å². The van der Waals surface area contributed by atoms with Crippen molar-refractivity contribution in [1.29, 1.82) is 0 Å². The van der Waals surface area contributed by atoms with Crippen LogP contribution in [0.25, 0.3) is 0 Å². The Balaban J connectivity index is 0. The summed E-state index contributed by atoms with van der Waals surface area (Å²) in [7, 11) is 0.244. The maximum absolute atomic E-state index is 11.2. The van der Waals surface area contributed by atoms with Crippen LogP contribution < -0.4 is 15.4 Å². The van der Waals surface area contributed by atoms with Gasteiger partial charge in [0.2, 0.25) is 10.0 Å². The molecule has 1 atom stereocenters. The Morgan fingerprint density at radius 1 is 1.35 bits per heavy atom. The second-order valence-corrected chi connectivity index (χ2v) is 6.25. The number of guanidine groups is 1. The highest BCUT2D eigenvalue weighted by Crippen LogP contribution is 1.85. The molecule has 0 aliphatic rings. The molecule has 0 fully saturated rings. The van der Waals surface area contributed by atoms with Crippen molar-refractivity contribution in [2.24, 2.45) is 4.99 Å². The maximum atomic E-state index is 11.2. The number of sulfonamides is 1. The van der Waals surface area contributed by atoms with Gasteiger partial charge in [-0.05, 0) is 20.3 Å². The minimum Gasteiger partial charge on any atom is -0.383 e. The molecule has 0 aromatic rings. The number of ether oxygens (including phenoxy) is 1. The van der Waals surface area contributed by atoms with Crippen molar-refractivity contribution in [1.82, 2.24) is 15.4 Å². The van der Waals surface area contributed by atoms with Crippen LogP contribution in [-0.2, 0) is 14.8 Å². The summed E-state index contributed by atoms with van der Waals surface area (Å²) >= 11 is 0. The first-order chi connectivity index (χ1) is 8.95. The molecular weight excluding hydrogens is 395 g/mol. The summed E-state index contributed by atoms with van der Waals surface area (Å²) < 4.78 is 29.9. The molecule has 122 valence electrons. The second kappa shape index (κ2) is 12.6. The number of aliphatic imine (C=N–C) groups is 1. The number of rotatable bonds is 9. The summed E-state index contributed by atoms with van der Waals surface area (Å²) in [5.74, 6) is 0.793. The fourth-order valence-electron chi connectivity index (χ4n) is 1.34. The van der Waals surface area contributed by atoms with Crippen molar-refractivity contribution >= 4 is 40.0 Å². The highest BCUT2D eigenvalue weighted by atomic mass is 127. The summed E-state index contributed by atoms with van der Waals surface area (Å²) in [4.78, 5) is 4.07. The van der Waals surface area contributed by atoms with Gasteiger partial charge in [-0.15, -0.1) is 24.0 Å². The summed E-state index contributed by atoms with van der Waals surface area (Å²) in [6, 6.07) is 0.162. The SMILES string of the molecule is CCS(=O)(=O)NCCCNC(=NC)NC(C)COC.I. The van der Waals surface area contributed by atoms with Crippen LogP contribution in [-0.4, -0.2) is 60.0 Å². The quantitative estimate of drug-likeness (QED) is 0.213. The third-order valence-electron chi connectivity index (χ3n) is 2.37. The zero-order valence-corrected chi connectivity index (χ0v) is 15.7. The lowest BCUT2D eigenvalue weighted by atomic mass is 10.3. The van der Waals surface area contributed by atoms with Gasteiger partial charge >= 0.3 is 0 Å². The first-order valence-electron chi connectivity index (χ1n) is 6.38. The molecule has 0 rings (SSSR count). The van der Waals surface area contributed by atoms with Crippen molar-refractivity contribution in [2.45, 2.75) is 26.3 Å². The molecular formula is C11H27IN4O3S. The molecule has 0 heterocycles. The molecule has 0 aromatic heterocycles. The van der Waals surface area contributed by atoms with E-state index in [1.807, 2.05) is 6.92 Å². The van der Waals surface area contributed by atoms with Crippen molar-refractivity contribution in [2.75, 3.05) is 39.6 Å². The fourth-order valence-corrected chi connectivity index (χ4v) is 2.00. The van der Waals surface area contributed by atoms with Gasteiger partial charge in [0.1, 0.15) is 0 Å². The van der Waals surface area contributed by atoms with Gasteiger partial charge in [-0.25, -0.2) is 13.1 Å². The van der Waals surface area contributed by atoms with Crippen LogP contribution in [0.3, 0.4) is 0 Å². The van der Waals surface area contributed by atoms with Gasteiger partial charge in [-0.3, -0.25) is 4.99 Å². The molecule has 9 heteroatoms. The van der Waals surface area contributed by atoms with Gasteiger partial charge in [-0.1, -0.05) is 0 Å². The molecule has 1 unspecified atom stereocenters. The van der Waals surface area contributed by atoms with E-state index in [0.29, 0.717) is 32.1 Å². The lowest BCUT2D eigenvalue weighted by Crippen LogP contribution is -2.44. The molecule has 0 saturated carbocycles. The summed E-state index contributed by atoms with van der Waals surface area (Å²) in [5, 5.41) is 6.27. The van der Waals surface area contributed by atoms with E-state index in [1.54, 1.807) is 21.1 Å². The molecule has 0 saturated heterocycles. The highest BCUT2D eigenvalue weighted by Gasteiger charge is 2.06. The van der Waals surface area contributed by atoms with Crippen LogP contribution in [0.5, 0.6) is 0 Å². The van der Waals surface area contributed by atoms with E-state index < -0.39 is 10.0 Å². The molecule has 0 aliphatic heterocycles. The molecule has 0 radical (unpaired) electrons. The third kappa shape index (κ3) is 11.7. The van der Waals surface area contributed by atoms with Gasteiger partial charge in [0.05, 0.1) is 12.4 Å². The van der Waals surface area contributed by atoms with Gasteiger partial charge < -0.3 is 15.4 Å². The molecule has 3 N–H and O–H groups in total. The number of hydrogen-bond acceptors (Lipinski definition) is 4. The zero-order valence-electron chi connectivity index (χ0n) is 12.6. The van der Waals surface area contributed by atoms with Crippen molar-refractivity contribution in [3.05, 3.63) is 0 Å². The van der Waals surface area contributed by atoms with E-state index in [4.69, 9.17) is 4.74 Å². The smallest absolute Gasteiger partial charge is 0.211 e. The minimum atomic E-state index is -3.09. The van der Waals surface area contributed by atoms with Crippen molar-refractivity contribution < 1.29 is 13.2 Å². The lowest BCUT2D eigenvalue weighted by Gasteiger charge is -2.17. The standard InChI is InChI=1S/C11H26N4O3S.HI/c1-5-19(16,17)14-8-6-7-13-11(12-3)15-10(2)9-18-4;/h10,14H,5-9H2,1-4H3,(H2,12,13,15);1H. The molecule has 0 amide bonds. The van der Waals surface area contributed by atoms with Crippen LogP contribution in [0.2, 0.25) is 0 Å².